The van der Waals surface area contributed by atoms with Crippen LogP contribution in [0.3, 0.4) is 0 Å². The molecule has 0 spiro atoms. The molecule has 2 atom stereocenters. The second-order valence-electron chi connectivity index (χ2n) is 8.87. The molecule has 4 aliphatic rings. The van der Waals surface area contributed by atoms with E-state index in [1.54, 1.807) is 12.3 Å². The number of halogens is 1. The lowest BCUT2D eigenvalue weighted by Crippen LogP contribution is -2.56. The number of aliphatic hydroxyl groups is 1. The monoisotopic (exact) mass is 374 g/mol. The molecule has 4 bridgehead atoms. The fraction of sp³-hybridized carbons (Fsp3) is 0.600. The van der Waals surface area contributed by atoms with Gasteiger partial charge >= 0.3 is 5.97 Å². The lowest BCUT2D eigenvalue weighted by molar-refractivity contribution is -0.177. The Hall–Kier alpha value is -1.59. The van der Waals surface area contributed by atoms with Crippen molar-refractivity contribution in [2.75, 3.05) is 0 Å². The van der Waals surface area contributed by atoms with Gasteiger partial charge in [-0.15, -0.1) is 0 Å². The summed E-state index contributed by atoms with van der Waals surface area (Å²) in [6, 6.07) is 3.63. The smallest absolute Gasteiger partial charge is 0.306 e. The molecule has 5 nitrogen and oxygen atoms in total. The molecule has 138 valence electrons. The van der Waals surface area contributed by atoms with E-state index in [0.717, 1.165) is 37.8 Å². The fourth-order valence-electron chi connectivity index (χ4n) is 6.21. The highest BCUT2D eigenvalue weighted by atomic mass is 35.5. The number of carbonyl (C=O) groups excluding carboxylic acids is 1. The van der Waals surface area contributed by atoms with Crippen molar-refractivity contribution >= 4 is 23.2 Å². The third-order valence-electron chi connectivity index (χ3n) is 6.52. The zero-order valence-corrected chi connectivity index (χ0v) is 15.4. The molecule has 0 saturated heterocycles. The molecule has 4 fully saturated rings. The number of hydrogen-bond acceptors (Lipinski definition) is 4. The van der Waals surface area contributed by atoms with Gasteiger partial charge in [-0.3, -0.25) is 4.79 Å². The van der Waals surface area contributed by atoms with E-state index < -0.39 is 5.60 Å². The number of hydrogen-bond donors (Lipinski definition) is 1. The molecule has 2 heterocycles. The first-order chi connectivity index (χ1) is 12.4. The molecule has 4 aliphatic carbocycles. The minimum atomic E-state index is -0.536. The van der Waals surface area contributed by atoms with Gasteiger partial charge in [0.25, 0.3) is 0 Å². The molecule has 0 amide bonds. The number of nitrogens with zero attached hydrogens (tertiary/aromatic N) is 2. The third kappa shape index (κ3) is 2.91. The van der Waals surface area contributed by atoms with Gasteiger partial charge in [0.05, 0.1) is 22.7 Å². The molecule has 26 heavy (non-hydrogen) atoms. The average Bonchev–Trinajstić information content (AvgIpc) is 2.92. The summed E-state index contributed by atoms with van der Waals surface area (Å²) in [5.41, 5.74) is 0.904. The second-order valence-corrected chi connectivity index (χ2v) is 9.30. The van der Waals surface area contributed by atoms with E-state index >= 15 is 0 Å². The molecular weight excluding hydrogens is 352 g/mol. The number of carbonyl (C=O) groups is 1. The molecule has 0 aromatic carbocycles. The number of fused-ring (bicyclic) bond motifs is 1. The van der Waals surface area contributed by atoms with Gasteiger partial charge in [0, 0.05) is 12.4 Å². The van der Waals surface area contributed by atoms with Crippen LogP contribution in [0.4, 0.5) is 0 Å². The van der Waals surface area contributed by atoms with Gasteiger partial charge in [0.1, 0.15) is 12.3 Å². The van der Waals surface area contributed by atoms with Crippen molar-refractivity contribution in [2.24, 2.45) is 17.3 Å². The Balaban J connectivity index is 1.25. The highest BCUT2D eigenvalue weighted by Gasteiger charge is 2.57. The normalized spacial score (nSPS) is 35.2. The predicted molar refractivity (Wildman–Crippen MR) is 96.7 cm³/mol. The van der Waals surface area contributed by atoms with Crippen molar-refractivity contribution in [3.05, 3.63) is 35.2 Å². The van der Waals surface area contributed by atoms with Gasteiger partial charge in [0.2, 0.25) is 0 Å². The SMILES string of the molecule is O=C(CC12CC3CC(CC(O)(C3)C1)C2)OCc1cn2cc(Cl)ccc2n1. The molecular formula is C20H23ClN2O3. The summed E-state index contributed by atoms with van der Waals surface area (Å²) in [7, 11) is 0. The number of imidazole rings is 1. The molecule has 0 radical (unpaired) electrons. The van der Waals surface area contributed by atoms with Gasteiger partial charge in [-0.2, -0.15) is 0 Å². The van der Waals surface area contributed by atoms with E-state index in [0.29, 0.717) is 29.0 Å². The van der Waals surface area contributed by atoms with E-state index in [2.05, 4.69) is 4.98 Å². The van der Waals surface area contributed by atoms with Crippen LogP contribution in [0.25, 0.3) is 5.65 Å². The number of rotatable bonds is 4. The minimum Gasteiger partial charge on any atom is -0.459 e. The highest BCUT2D eigenvalue weighted by molar-refractivity contribution is 6.30. The highest BCUT2D eigenvalue weighted by Crippen LogP contribution is 2.62. The molecule has 0 aliphatic heterocycles. The van der Waals surface area contributed by atoms with Gasteiger partial charge in [-0.05, 0) is 67.9 Å². The standard InChI is InChI=1S/C20H23ClN2O3/c21-15-1-2-17-22-16(10-23(17)9-15)11-26-18(24)8-19-4-13-3-14(5-19)7-20(25,6-13)12-19/h1-2,9-10,13-14,25H,3-8,11-12H2. The molecule has 2 unspecified atom stereocenters. The van der Waals surface area contributed by atoms with Crippen molar-refractivity contribution in [3.8, 4) is 0 Å². The van der Waals surface area contributed by atoms with Gasteiger partial charge < -0.3 is 14.2 Å². The van der Waals surface area contributed by atoms with E-state index in [9.17, 15) is 9.90 Å². The Bertz CT molecular complexity index is 863. The number of esters is 1. The lowest BCUT2D eigenvalue weighted by Gasteiger charge is -2.60. The van der Waals surface area contributed by atoms with Crippen LogP contribution in [0.1, 0.15) is 50.6 Å². The summed E-state index contributed by atoms with van der Waals surface area (Å²) in [4.78, 5) is 17.0. The first-order valence-corrected chi connectivity index (χ1v) is 9.79. The maximum atomic E-state index is 12.5. The Morgan fingerprint density at radius 2 is 2.04 bits per heavy atom. The van der Waals surface area contributed by atoms with Crippen molar-refractivity contribution in [1.82, 2.24) is 9.38 Å². The van der Waals surface area contributed by atoms with Crippen LogP contribution in [0, 0.1) is 17.3 Å². The van der Waals surface area contributed by atoms with E-state index in [1.807, 2.05) is 16.7 Å². The van der Waals surface area contributed by atoms with Crippen LogP contribution in [0.5, 0.6) is 0 Å². The third-order valence-corrected chi connectivity index (χ3v) is 6.74. The van der Waals surface area contributed by atoms with E-state index in [4.69, 9.17) is 16.3 Å². The van der Waals surface area contributed by atoms with Crippen LogP contribution < -0.4 is 0 Å². The summed E-state index contributed by atoms with van der Waals surface area (Å²) in [6.07, 6.45) is 9.99. The molecule has 6 rings (SSSR count). The van der Waals surface area contributed by atoms with Crippen LogP contribution in [0.15, 0.2) is 24.5 Å². The summed E-state index contributed by atoms with van der Waals surface area (Å²) in [5, 5.41) is 11.5. The summed E-state index contributed by atoms with van der Waals surface area (Å²) in [5.74, 6) is 0.986. The maximum absolute atomic E-state index is 12.5. The zero-order chi connectivity index (χ0) is 17.9. The van der Waals surface area contributed by atoms with Crippen molar-refractivity contribution in [3.63, 3.8) is 0 Å². The van der Waals surface area contributed by atoms with Crippen molar-refractivity contribution < 1.29 is 14.6 Å². The van der Waals surface area contributed by atoms with Crippen LogP contribution in [-0.2, 0) is 16.1 Å². The van der Waals surface area contributed by atoms with E-state index in [1.165, 1.54) is 6.42 Å². The molecule has 6 heteroatoms. The van der Waals surface area contributed by atoms with E-state index in [-0.39, 0.29) is 18.0 Å². The first-order valence-electron chi connectivity index (χ1n) is 9.42. The largest absolute Gasteiger partial charge is 0.459 e. The van der Waals surface area contributed by atoms with Crippen molar-refractivity contribution in [2.45, 2.75) is 57.2 Å². The quantitative estimate of drug-likeness (QED) is 0.828. The second kappa shape index (κ2) is 5.70. The van der Waals surface area contributed by atoms with Crippen molar-refractivity contribution in [1.29, 1.82) is 0 Å². The molecule has 2 aromatic heterocycles. The fourth-order valence-corrected chi connectivity index (χ4v) is 6.38. The molecule has 2 aromatic rings. The predicted octanol–water partition coefficient (Wildman–Crippen LogP) is 3.75. The average molecular weight is 375 g/mol. The molecule has 4 saturated carbocycles. The Morgan fingerprint density at radius 3 is 2.77 bits per heavy atom. The zero-order valence-electron chi connectivity index (χ0n) is 14.7. The number of pyridine rings is 1. The summed E-state index contributed by atoms with van der Waals surface area (Å²) in [6.45, 7) is 0.172. The first kappa shape index (κ1) is 16.6. The summed E-state index contributed by atoms with van der Waals surface area (Å²) < 4.78 is 7.36. The van der Waals surface area contributed by atoms with Crippen LogP contribution in [0.2, 0.25) is 5.02 Å². The van der Waals surface area contributed by atoms with Gasteiger partial charge in [-0.25, -0.2) is 4.98 Å². The summed E-state index contributed by atoms with van der Waals surface area (Å²) >= 11 is 5.98. The topological polar surface area (TPSA) is 63.8 Å². The number of ether oxygens (including phenoxy) is 1. The molecule has 1 N–H and O–H groups in total. The Labute approximate surface area is 157 Å². The Morgan fingerprint density at radius 1 is 1.27 bits per heavy atom. The minimum absolute atomic E-state index is 0.0532. The van der Waals surface area contributed by atoms with Gasteiger partial charge in [0.15, 0.2) is 0 Å². The number of aromatic nitrogens is 2. The van der Waals surface area contributed by atoms with Gasteiger partial charge in [-0.1, -0.05) is 11.6 Å². The maximum Gasteiger partial charge on any atom is 0.306 e. The van der Waals surface area contributed by atoms with Crippen LogP contribution >= 0.6 is 11.6 Å². The Kier molecular flexibility index (Phi) is 3.63. The lowest BCUT2D eigenvalue weighted by atomic mass is 9.47. The van der Waals surface area contributed by atoms with Crippen LogP contribution in [-0.4, -0.2) is 26.1 Å².